The third-order valence-corrected chi connectivity index (χ3v) is 4.18. The molecule has 0 saturated heterocycles. The van der Waals surface area contributed by atoms with Crippen LogP contribution in [0.25, 0.3) is 0 Å². The number of nitrogens with zero attached hydrogens (tertiary/aromatic N) is 1. The van der Waals surface area contributed by atoms with Crippen molar-refractivity contribution in [3.05, 3.63) is 95.6 Å². The van der Waals surface area contributed by atoms with Crippen LogP contribution in [0.5, 0.6) is 0 Å². The molecule has 0 aliphatic carbocycles. The second kappa shape index (κ2) is 9.41. The lowest BCUT2D eigenvalue weighted by Crippen LogP contribution is -2.24. The Morgan fingerprint density at radius 1 is 1.00 bits per heavy atom. The number of carbonyl (C=O) groups excluding carboxylic acids is 2. The van der Waals surface area contributed by atoms with Crippen LogP contribution in [0.3, 0.4) is 0 Å². The summed E-state index contributed by atoms with van der Waals surface area (Å²) in [7, 11) is 0. The van der Waals surface area contributed by atoms with Gasteiger partial charge < -0.3 is 10.6 Å². The number of pyridine rings is 1. The van der Waals surface area contributed by atoms with Crippen LogP contribution in [0.4, 0.5) is 10.1 Å². The number of carbonyl (C=O) groups is 2. The Morgan fingerprint density at radius 3 is 2.64 bits per heavy atom. The average molecular weight is 377 g/mol. The molecule has 0 aliphatic rings. The molecule has 2 aromatic carbocycles. The predicted molar refractivity (Wildman–Crippen MR) is 105 cm³/mol. The van der Waals surface area contributed by atoms with E-state index in [9.17, 15) is 14.0 Å². The van der Waals surface area contributed by atoms with Crippen LogP contribution < -0.4 is 10.6 Å². The van der Waals surface area contributed by atoms with Crippen molar-refractivity contribution in [3.8, 4) is 0 Å². The molecular weight excluding hydrogens is 357 g/mol. The average Bonchev–Trinajstić information content (AvgIpc) is 2.72. The van der Waals surface area contributed by atoms with Crippen molar-refractivity contribution >= 4 is 17.5 Å². The lowest BCUT2D eigenvalue weighted by molar-refractivity contribution is -0.116. The molecule has 142 valence electrons. The molecule has 5 nitrogen and oxygen atoms in total. The number of aromatic nitrogens is 1. The van der Waals surface area contributed by atoms with Gasteiger partial charge in [-0.1, -0.05) is 30.3 Å². The minimum absolute atomic E-state index is 0.171. The number of nitrogens with one attached hydrogen (secondary N) is 2. The van der Waals surface area contributed by atoms with Crippen molar-refractivity contribution in [1.82, 2.24) is 10.3 Å². The lowest BCUT2D eigenvalue weighted by Gasteiger charge is -2.12. The van der Waals surface area contributed by atoms with Gasteiger partial charge in [-0.05, 0) is 47.9 Å². The van der Waals surface area contributed by atoms with Gasteiger partial charge in [0.2, 0.25) is 5.91 Å². The van der Waals surface area contributed by atoms with Gasteiger partial charge in [-0.3, -0.25) is 14.6 Å². The third-order valence-electron chi connectivity index (χ3n) is 4.18. The van der Waals surface area contributed by atoms with E-state index in [-0.39, 0.29) is 30.6 Å². The molecule has 0 spiro atoms. The molecule has 0 unspecified atom stereocenters. The van der Waals surface area contributed by atoms with Crippen LogP contribution >= 0.6 is 0 Å². The zero-order valence-electron chi connectivity index (χ0n) is 15.2. The Morgan fingerprint density at radius 2 is 1.86 bits per heavy atom. The molecular formula is C22H20FN3O2. The molecule has 28 heavy (non-hydrogen) atoms. The molecule has 2 amide bonds. The molecule has 3 aromatic rings. The molecule has 2 N–H and O–H groups in total. The predicted octanol–water partition coefficient (Wildman–Crippen LogP) is 3.72. The number of hydrogen-bond donors (Lipinski definition) is 2. The van der Waals surface area contributed by atoms with E-state index >= 15 is 0 Å². The van der Waals surface area contributed by atoms with Crippen LogP contribution in [-0.2, 0) is 17.8 Å². The largest absolute Gasteiger partial charge is 0.348 e. The fourth-order valence-electron chi connectivity index (χ4n) is 2.73. The summed E-state index contributed by atoms with van der Waals surface area (Å²) in [6.07, 6.45) is 3.78. The first-order valence-corrected chi connectivity index (χ1v) is 8.92. The van der Waals surface area contributed by atoms with E-state index in [0.29, 0.717) is 17.7 Å². The van der Waals surface area contributed by atoms with E-state index < -0.39 is 0 Å². The molecule has 6 heteroatoms. The molecule has 0 saturated carbocycles. The maximum absolute atomic E-state index is 13.2. The quantitative estimate of drug-likeness (QED) is 0.659. The fraction of sp³-hybridized carbons (Fsp3) is 0.136. The minimum Gasteiger partial charge on any atom is -0.348 e. The molecule has 0 atom stereocenters. The highest BCUT2D eigenvalue weighted by atomic mass is 19.1. The van der Waals surface area contributed by atoms with Crippen molar-refractivity contribution in [1.29, 1.82) is 0 Å². The molecule has 0 bridgehead atoms. The topological polar surface area (TPSA) is 71.1 Å². The van der Waals surface area contributed by atoms with E-state index in [4.69, 9.17) is 0 Å². The summed E-state index contributed by atoms with van der Waals surface area (Å²) in [5, 5.41) is 5.68. The molecule has 1 aromatic heterocycles. The summed E-state index contributed by atoms with van der Waals surface area (Å²) < 4.78 is 13.2. The van der Waals surface area contributed by atoms with Gasteiger partial charge in [0.15, 0.2) is 0 Å². The number of amides is 2. The smallest absolute Gasteiger partial charge is 0.253 e. The van der Waals surface area contributed by atoms with E-state index in [1.165, 1.54) is 18.3 Å². The van der Waals surface area contributed by atoms with Gasteiger partial charge in [0, 0.05) is 31.0 Å². The van der Waals surface area contributed by atoms with E-state index in [2.05, 4.69) is 15.6 Å². The number of benzene rings is 2. The van der Waals surface area contributed by atoms with E-state index in [1.54, 1.807) is 36.5 Å². The van der Waals surface area contributed by atoms with Gasteiger partial charge in [-0.2, -0.15) is 0 Å². The summed E-state index contributed by atoms with van der Waals surface area (Å²) in [6, 6.07) is 16.9. The van der Waals surface area contributed by atoms with Crippen molar-refractivity contribution in [2.75, 3.05) is 5.32 Å². The van der Waals surface area contributed by atoms with E-state index in [1.807, 2.05) is 18.2 Å². The first kappa shape index (κ1) is 19.2. The molecule has 0 aliphatic heterocycles. The Kier molecular flexibility index (Phi) is 6.46. The van der Waals surface area contributed by atoms with Crippen molar-refractivity contribution in [2.45, 2.75) is 19.4 Å². The van der Waals surface area contributed by atoms with Crippen LogP contribution in [0.2, 0.25) is 0 Å². The summed E-state index contributed by atoms with van der Waals surface area (Å²) in [5.41, 5.74) is 2.67. The lowest BCUT2D eigenvalue weighted by atomic mass is 10.1. The summed E-state index contributed by atoms with van der Waals surface area (Å²) in [4.78, 5) is 28.4. The molecule has 1 heterocycles. The van der Waals surface area contributed by atoms with Gasteiger partial charge >= 0.3 is 0 Å². The second-order valence-electron chi connectivity index (χ2n) is 6.26. The number of aryl methyl sites for hydroxylation is 1. The van der Waals surface area contributed by atoms with Crippen molar-refractivity contribution in [3.63, 3.8) is 0 Å². The van der Waals surface area contributed by atoms with Crippen LogP contribution in [-0.4, -0.2) is 16.8 Å². The van der Waals surface area contributed by atoms with Crippen LogP contribution in [0.15, 0.2) is 73.1 Å². The monoisotopic (exact) mass is 377 g/mol. The first-order valence-electron chi connectivity index (χ1n) is 8.92. The Bertz CT molecular complexity index is 961. The molecule has 3 rings (SSSR count). The SMILES string of the molecule is O=C(CCc1cccc(F)c1)Nc1ccccc1CNC(=O)c1cccnc1. The van der Waals surface area contributed by atoms with Gasteiger partial charge in [-0.25, -0.2) is 4.39 Å². The first-order chi connectivity index (χ1) is 13.6. The number of anilines is 1. The highest BCUT2D eigenvalue weighted by Crippen LogP contribution is 2.16. The maximum Gasteiger partial charge on any atom is 0.253 e. The standard InChI is InChI=1S/C22H20FN3O2/c23-19-8-3-5-16(13-19)10-11-21(27)26-20-9-2-1-6-17(20)15-25-22(28)18-7-4-12-24-14-18/h1-9,12-14H,10-11,15H2,(H,25,28)(H,26,27). The van der Waals surface area contributed by atoms with Gasteiger partial charge in [0.25, 0.3) is 5.91 Å². The Hall–Kier alpha value is -3.54. The zero-order valence-corrected chi connectivity index (χ0v) is 15.2. The highest BCUT2D eigenvalue weighted by Gasteiger charge is 2.10. The van der Waals surface area contributed by atoms with Crippen LogP contribution in [0, 0.1) is 5.82 Å². The third kappa shape index (κ3) is 5.48. The number of hydrogen-bond acceptors (Lipinski definition) is 3. The minimum atomic E-state index is -0.312. The van der Waals surface area contributed by atoms with Gasteiger partial charge in [-0.15, -0.1) is 0 Å². The summed E-state index contributed by atoms with van der Waals surface area (Å²) in [6.45, 7) is 0.272. The summed E-state index contributed by atoms with van der Waals surface area (Å²) in [5.74, 6) is -0.719. The van der Waals surface area contributed by atoms with Gasteiger partial charge in [0.1, 0.15) is 5.82 Å². The Labute approximate surface area is 162 Å². The number of rotatable bonds is 7. The summed E-state index contributed by atoms with van der Waals surface area (Å²) >= 11 is 0. The maximum atomic E-state index is 13.2. The van der Waals surface area contributed by atoms with Crippen molar-refractivity contribution < 1.29 is 14.0 Å². The van der Waals surface area contributed by atoms with Gasteiger partial charge in [0.05, 0.1) is 5.56 Å². The van der Waals surface area contributed by atoms with E-state index in [0.717, 1.165) is 11.1 Å². The molecule has 0 radical (unpaired) electrons. The number of halogens is 1. The number of para-hydroxylation sites is 1. The second-order valence-corrected chi connectivity index (χ2v) is 6.26. The molecule has 0 fully saturated rings. The normalized spacial score (nSPS) is 10.3. The van der Waals surface area contributed by atoms with Crippen LogP contribution in [0.1, 0.15) is 27.9 Å². The Balaban J connectivity index is 1.57. The highest BCUT2D eigenvalue weighted by molar-refractivity contribution is 5.94. The fourth-order valence-corrected chi connectivity index (χ4v) is 2.73. The van der Waals surface area contributed by atoms with Crippen molar-refractivity contribution in [2.24, 2.45) is 0 Å². The zero-order chi connectivity index (χ0) is 19.8.